The maximum Gasteiger partial charge on any atom is 0.262 e. The zero-order chi connectivity index (χ0) is 30.1. The van der Waals surface area contributed by atoms with Crippen LogP contribution in [0, 0.1) is 12.8 Å². The molecule has 2 amide bonds. The number of nitrogens with zero attached hydrogens (tertiary/aromatic N) is 2. The molecule has 41 heavy (non-hydrogen) atoms. The topological polar surface area (TPSA) is 129 Å². The number of amides is 2. The van der Waals surface area contributed by atoms with E-state index in [4.69, 9.17) is 0 Å². The van der Waals surface area contributed by atoms with Gasteiger partial charge in [-0.15, -0.1) is 22.7 Å². The van der Waals surface area contributed by atoms with Gasteiger partial charge in [0.05, 0.1) is 17.0 Å². The molecule has 12 heteroatoms. The minimum absolute atomic E-state index is 0.0287. The molecular formula is C29H40N4O5S3. The summed E-state index contributed by atoms with van der Waals surface area (Å²) in [5.74, 6) is -0.544. The molecule has 4 rings (SSSR count). The number of hydrogen-bond donors (Lipinski definition) is 3. The highest BCUT2D eigenvalue weighted by Crippen LogP contribution is 2.41. The second kappa shape index (κ2) is 12.5. The summed E-state index contributed by atoms with van der Waals surface area (Å²) in [6, 6.07) is 5.37. The van der Waals surface area contributed by atoms with Gasteiger partial charge in [-0.05, 0) is 61.3 Å². The van der Waals surface area contributed by atoms with Crippen LogP contribution in [0.5, 0.6) is 0 Å². The quantitative estimate of drug-likeness (QED) is 0.342. The van der Waals surface area contributed by atoms with Gasteiger partial charge < -0.3 is 15.7 Å². The van der Waals surface area contributed by atoms with Gasteiger partial charge in [0.1, 0.15) is 6.04 Å². The van der Waals surface area contributed by atoms with Crippen molar-refractivity contribution in [1.29, 1.82) is 0 Å². The number of pyridine rings is 1. The fraction of sp³-hybridized carbons (Fsp3) is 0.552. The molecule has 1 aliphatic heterocycles. The molecular weight excluding hydrogens is 581 g/mol. The Bertz CT molecular complexity index is 1490. The number of carbonyl (C=O) groups excluding carboxylic acids is 2. The number of hydrogen-bond acceptors (Lipinski definition) is 8. The van der Waals surface area contributed by atoms with Crippen molar-refractivity contribution in [3.63, 3.8) is 0 Å². The maximum absolute atomic E-state index is 13.5. The maximum atomic E-state index is 13.5. The summed E-state index contributed by atoms with van der Waals surface area (Å²) in [5, 5.41) is 16.7. The minimum atomic E-state index is -3.88. The zero-order valence-electron chi connectivity index (χ0n) is 24.4. The van der Waals surface area contributed by atoms with Crippen molar-refractivity contribution in [3.05, 3.63) is 45.8 Å². The van der Waals surface area contributed by atoms with E-state index < -0.39 is 28.2 Å². The second-order valence-corrected chi connectivity index (χ2v) is 16.1. The van der Waals surface area contributed by atoms with Crippen molar-refractivity contribution in [2.45, 2.75) is 89.4 Å². The highest BCUT2D eigenvalue weighted by atomic mass is 32.2. The fourth-order valence-electron chi connectivity index (χ4n) is 4.92. The SMILES string of the molecule is Cc1c(C(=O)NC(CC(C)C)C(=O)NC2CCCN(S(=O)(=O)c3ccccn3)C[C@@H]2O)sc2cc(C(C)(C)C)sc12. The Kier molecular flexibility index (Phi) is 9.59. The summed E-state index contributed by atoms with van der Waals surface area (Å²) in [6.07, 6.45) is 1.58. The van der Waals surface area contributed by atoms with E-state index in [1.807, 2.05) is 20.8 Å². The molecule has 3 aromatic rings. The lowest BCUT2D eigenvalue weighted by molar-refractivity contribution is -0.125. The van der Waals surface area contributed by atoms with Gasteiger partial charge in [-0.2, -0.15) is 4.31 Å². The van der Waals surface area contributed by atoms with E-state index in [1.165, 1.54) is 32.8 Å². The molecule has 0 radical (unpaired) electrons. The van der Waals surface area contributed by atoms with Gasteiger partial charge >= 0.3 is 0 Å². The fourth-order valence-corrected chi connectivity index (χ4v) is 8.91. The van der Waals surface area contributed by atoms with Gasteiger partial charge in [0.2, 0.25) is 5.91 Å². The zero-order valence-corrected chi connectivity index (χ0v) is 26.9. The highest BCUT2D eigenvalue weighted by molar-refractivity contribution is 7.89. The first-order valence-electron chi connectivity index (χ1n) is 13.9. The van der Waals surface area contributed by atoms with Crippen LogP contribution in [0.2, 0.25) is 0 Å². The number of β-amino-alcohol motifs (C(OH)–C–C–N with tert-alkyl or cyclic N) is 1. The molecule has 3 atom stereocenters. The molecule has 0 aliphatic carbocycles. The minimum Gasteiger partial charge on any atom is -0.390 e. The first kappa shape index (κ1) is 31.6. The van der Waals surface area contributed by atoms with E-state index in [0.717, 1.165) is 15.0 Å². The van der Waals surface area contributed by atoms with E-state index in [0.29, 0.717) is 24.1 Å². The number of fused-ring (bicyclic) bond motifs is 1. The highest BCUT2D eigenvalue weighted by Gasteiger charge is 2.35. The Labute approximate surface area is 250 Å². The largest absolute Gasteiger partial charge is 0.390 e. The third kappa shape index (κ3) is 7.16. The molecule has 224 valence electrons. The standard InChI is InChI=1S/C29H40N4O5S3/c1-17(2)14-20(32-28(36)26-18(3)25-22(39-26)15-23(40-25)29(4,5)6)27(35)31-19-10-9-13-33(16-21(19)34)41(37,38)24-11-7-8-12-30-24/h7-8,11-12,15,17,19-21,34H,9-10,13-14,16H2,1-6H3,(H,31,35)(H,32,36)/t19?,20?,21-/m0/s1. The van der Waals surface area contributed by atoms with Crippen LogP contribution in [0.3, 0.4) is 0 Å². The Morgan fingerprint density at radius 2 is 1.95 bits per heavy atom. The van der Waals surface area contributed by atoms with E-state index >= 15 is 0 Å². The molecule has 9 nitrogen and oxygen atoms in total. The van der Waals surface area contributed by atoms with E-state index in [2.05, 4.69) is 42.5 Å². The smallest absolute Gasteiger partial charge is 0.262 e. The third-order valence-corrected chi connectivity index (χ3v) is 12.0. The Balaban J connectivity index is 1.46. The van der Waals surface area contributed by atoms with Crippen LogP contribution in [0.4, 0.5) is 0 Å². The number of carbonyl (C=O) groups is 2. The molecule has 1 fully saturated rings. The van der Waals surface area contributed by atoms with Crippen LogP contribution in [0.15, 0.2) is 35.5 Å². The van der Waals surface area contributed by atoms with E-state index in [1.54, 1.807) is 23.5 Å². The molecule has 0 saturated carbocycles. The van der Waals surface area contributed by atoms with Crippen LogP contribution < -0.4 is 10.6 Å². The lowest BCUT2D eigenvalue weighted by Gasteiger charge is -2.27. The number of aromatic nitrogens is 1. The van der Waals surface area contributed by atoms with Gasteiger partial charge in [-0.1, -0.05) is 40.7 Å². The van der Waals surface area contributed by atoms with Crippen molar-refractivity contribution in [3.8, 4) is 0 Å². The van der Waals surface area contributed by atoms with E-state index in [-0.39, 0.29) is 41.3 Å². The monoisotopic (exact) mass is 620 g/mol. The average molecular weight is 621 g/mol. The lowest BCUT2D eigenvalue weighted by atomic mass is 9.95. The first-order valence-corrected chi connectivity index (χ1v) is 17.0. The van der Waals surface area contributed by atoms with Gasteiger partial charge in [0, 0.05) is 33.6 Å². The first-order chi connectivity index (χ1) is 19.2. The summed E-state index contributed by atoms with van der Waals surface area (Å²) < 4.78 is 29.5. The third-order valence-electron chi connectivity index (χ3n) is 7.21. The van der Waals surface area contributed by atoms with Crippen molar-refractivity contribution in [2.75, 3.05) is 13.1 Å². The van der Waals surface area contributed by atoms with Gasteiger partial charge in [-0.3, -0.25) is 9.59 Å². The van der Waals surface area contributed by atoms with Gasteiger partial charge in [0.15, 0.2) is 5.03 Å². The summed E-state index contributed by atoms with van der Waals surface area (Å²) in [6.45, 7) is 12.5. The lowest BCUT2D eigenvalue weighted by Crippen LogP contribution is -2.54. The predicted octanol–water partition coefficient (Wildman–Crippen LogP) is 4.44. The second-order valence-electron chi connectivity index (χ2n) is 12.1. The van der Waals surface area contributed by atoms with Crippen molar-refractivity contribution in [1.82, 2.24) is 19.9 Å². The van der Waals surface area contributed by atoms with Crippen LogP contribution in [-0.2, 0) is 20.2 Å². The molecule has 3 aromatic heterocycles. The molecule has 2 unspecified atom stereocenters. The molecule has 0 bridgehead atoms. The average Bonchev–Trinajstić information content (AvgIpc) is 3.40. The number of nitrogens with one attached hydrogen (secondary N) is 2. The van der Waals surface area contributed by atoms with Crippen LogP contribution in [0.1, 0.15) is 74.0 Å². The Morgan fingerprint density at radius 1 is 1.22 bits per heavy atom. The number of aryl methyl sites for hydroxylation is 1. The number of sulfonamides is 1. The molecule has 0 spiro atoms. The predicted molar refractivity (Wildman–Crippen MR) is 164 cm³/mol. The molecule has 4 heterocycles. The Hall–Kier alpha value is -2.38. The molecule has 1 saturated heterocycles. The Morgan fingerprint density at radius 3 is 2.56 bits per heavy atom. The van der Waals surface area contributed by atoms with Crippen molar-refractivity contribution in [2.24, 2.45) is 5.92 Å². The number of rotatable bonds is 8. The number of aliphatic hydroxyl groups is 1. The van der Waals surface area contributed by atoms with Gasteiger partial charge in [-0.25, -0.2) is 13.4 Å². The molecule has 3 N–H and O–H groups in total. The number of thiophene rings is 2. The summed E-state index contributed by atoms with van der Waals surface area (Å²) in [5.41, 5.74) is 0.945. The normalized spacial score (nSPS) is 19.7. The molecule has 1 aliphatic rings. The van der Waals surface area contributed by atoms with Crippen LogP contribution in [-0.4, -0.2) is 65.9 Å². The molecule has 0 aromatic carbocycles. The number of aliphatic hydroxyl groups excluding tert-OH is 1. The van der Waals surface area contributed by atoms with E-state index in [9.17, 15) is 23.1 Å². The van der Waals surface area contributed by atoms with Crippen molar-refractivity contribution >= 4 is 53.9 Å². The summed E-state index contributed by atoms with van der Waals surface area (Å²) in [7, 11) is -3.88. The summed E-state index contributed by atoms with van der Waals surface area (Å²) in [4.78, 5) is 32.7. The van der Waals surface area contributed by atoms with Crippen LogP contribution in [0.25, 0.3) is 9.40 Å². The summed E-state index contributed by atoms with van der Waals surface area (Å²) >= 11 is 3.14. The van der Waals surface area contributed by atoms with Gasteiger partial charge in [0.25, 0.3) is 15.9 Å². The van der Waals surface area contributed by atoms with Crippen LogP contribution >= 0.6 is 22.7 Å². The van der Waals surface area contributed by atoms with Crippen molar-refractivity contribution < 1.29 is 23.1 Å².